The van der Waals surface area contributed by atoms with Crippen molar-refractivity contribution in [1.29, 1.82) is 0 Å². The highest BCUT2D eigenvalue weighted by molar-refractivity contribution is 7.92. The molecule has 0 aliphatic carbocycles. The van der Waals surface area contributed by atoms with Crippen LogP contribution in [0.4, 0.5) is 5.69 Å². The average Bonchev–Trinajstić information content (AvgIpc) is 2.62. The predicted octanol–water partition coefficient (Wildman–Crippen LogP) is 4.08. The Balaban J connectivity index is 2.28. The standard InChI is InChI=1S/C18H19Cl3N2O4S/c1-22(10-12-6-4-5-7-17(12)27-2)18(24)11-23(28(3,25)26)16-9-14(20)13(19)8-15(16)21/h4-9H,10-11H2,1-3H3. The number of sulfonamides is 1. The molecule has 0 aromatic heterocycles. The highest BCUT2D eigenvalue weighted by Crippen LogP contribution is 2.35. The zero-order chi connectivity index (χ0) is 21.1. The van der Waals surface area contributed by atoms with Gasteiger partial charge in [0, 0.05) is 19.2 Å². The molecule has 10 heteroatoms. The molecule has 0 saturated carbocycles. The fourth-order valence-corrected chi connectivity index (χ4v) is 4.05. The molecule has 0 aliphatic rings. The number of para-hydroxylation sites is 1. The van der Waals surface area contributed by atoms with Gasteiger partial charge >= 0.3 is 0 Å². The zero-order valence-electron chi connectivity index (χ0n) is 15.4. The number of benzene rings is 2. The van der Waals surface area contributed by atoms with E-state index in [1.54, 1.807) is 20.2 Å². The fourth-order valence-electron chi connectivity index (χ4n) is 2.51. The summed E-state index contributed by atoms with van der Waals surface area (Å²) in [6, 6.07) is 9.91. The predicted molar refractivity (Wildman–Crippen MR) is 113 cm³/mol. The number of anilines is 1. The van der Waals surface area contributed by atoms with Gasteiger partial charge in [0.1, 0.15) is 12.3 Å². The van der Waals surface area contributed by atoms with E-state index in [4.69, 9.17) is 39.5 Å². The van der Waals surface area contributed by atoms with Gasteiger partial charge in [0.25, 0.3) is 0 Å². The minimum atomic E-state index is -3.81. The Kier molecular flexibility index (Phi) is 7.45. The van der Waals surface area contributed by atoms with Crippen molar-refractivity contribution in [2.45, 2.75) is 6.54 Å². The third kappa shape index (κ3) is 5.44. The highest BCUT2D eigenvalue weighted by atomic mass is 35.5. The van der Waals surface area contributed by atoms with Crippen molar-refractivity contribution >= 4 is 56.4 Å². The Morgan fingerprint density at radius 1 is 1.07 bits per heavy atom. The molecular formula is C18H19Cl3N2O4S. The van der Waals surface area contributed by atoms with Crippen LogP contribution in [0.15, 0.2) is 36.4 Å². The van der Waals surface area contributed by atoms with Crippen molar-refractivity contribution in [3.63, 3.8) is 0 Å². The summed E-state index contributed by atoms with van der Waals surface area (Å²) >= 11 is 18.1. The summed E-state index contributed by atoms with van der Waals surface area (Å²) in [6.45, 7) is -0.197. The number of rotatable bonds is 7. The van der Waals surface area contributed by atoms with Crippen LogP contribution in [-0.2, 0) is 21.4 Å². The number of carbonyl (C=O) groups excluding carboxylic acids is 1. The number of carbonyl (C=O) groups is 1. The number of methoxy groups -OCH3 is 1. The van der Waals surface area contributed by atoms with Gasteiger partial charge in [-0.1, -0.05) is 53.0 Å². The van der Waals surface area contributed by atoms with Gasteiger partial charge < -0.3 is 9.64 Å². The summed E-state index contributed by atoms with van der Waals surface area (Å²) in [7, 11) is -0.694. The lowest BCUT2D eigenvalue weighted by molar-refractivity contribution is -0.128. The van der Waals surface area contributed by atoms with E-state index in [0.29, 0.717) is 5.75 Å². The third-order valence-electron chi connectivity index (χ3n) is 3.96. The number of hydrogen-bond acceptors (Lipinski definition) is 4. The first-order valence-corrected chi connectivity index (χ1v) is 11.0. The third-order valence-corrected chi connectivity index (χ3v) is 6.11. The van der Waals surface area contributed by atoms with Crippen LogP contribution in [0.5, 0.6) is 5.75 Å². The number of ether oxygens (including phenoxy) is 1. The molecule has 0 bridgehead atoms. The molecule has 1 amide bonds. The van der Waals surface area contributed by atoms with E-state index in [0.717, 1.165) is 16.1 Å². The lowest BCUT2D eigenvalue weighted by Gasteiger charge is -2.26. The van der Waals surface area contributed by atoms with E-state index in [1.807, 2.05) is 18.2 Å². The van der Waals surface area contributed by atoms with Crippen molar-refractivity contribution < 1.29 is 17.9 Å². The average molecular weight is 466 g/mol. The van der Waals surface area contributed by atoms with Crippen molar-refractivity contribution in [1.82, 2.24) is 4.90 Å². The second-order valence-corrected chi connectivity index (χ2v) is 9.18. The quantitative estimate of drug-likeness (QED) is 0.578. The SMILES string of the molecule is COc1ccccc1CN(C)C(=O)CN(c1cc(Cl)c(Cl)cc1Cl)S(C)(=O)=O. The van der Waals surface area contributed by atoms with Crippen LogP contribution < -0.4 is 9.04 Å². The molecular weight excluding hydrogens is 447 g/mol. The maximum absolute atomic E-state index is 12.7. The molecule has 0 heterocycles. The minimum Gasteiger partial charge on any atom is -0.496 e. The van der Waals surface area contributed by atoms with Crippen molar-refractivity contribution in [3.05, 3.63) is 57.0 Å². The molecule has 0 saturated heterocycles. The van der Waals surface area contributed by atoms with Gasteiger partial charge in [-0.3, -0.25) is 9.10 Å². The summed E-state index contributed by atoms with van der Waals surface area (Å²) in [6.07, 6.45) is 0.985. The molecule has 6 nitrogen and oxygen atoms in total. The topological polar surface area (TPSA) is 66.9 Å². The molecule has 2 aromatic carbocycles. The summed E-state index contributed by atoms with van der Waals surface area (Å²) in [5.74, 6) is 0.202. The molecule has 2 rings (SSSR count). The number of nitrogens with zero attached hydrogens (tertiary/aromatic N) is 2. The van der Waals surface area contributed by atoms with Crippen molar-refractivity contribution in [2.24, 2.45) is 0 Å². The van der Waals surface area contributed by atoms with Crippen molar-refractivity contribution in [2.75, 3.05) is 31.3 Å². The number of amides is 1. The summed E-state index contributed by atoms with van der Waals surface area (Å²) in [4.78, 5) is 14.1. The van der Waals surface area contributed by atoms with E-state index in [-0.39, 0.29) is 27.3 Å². The molecule has 0 radical (unpaired) electrons. The van der Waals surface area contributed by atoms with E-state index in [9.17, 15) is 13.2 Å². The fraction of sp³-hybridized carbons (Fsp3) is 0.278. The second-order valence-electron chi connectivity index (χ2n) is 6.05. The Hall–Kier alpha value is -1.67. The highest BCUT2D eigenvalue weighted by Gasteiger charge is 2.26. The Morgan fingerprint density at radius 2 is 1.68 bits per heavy atom. The number of halogens is 3. The van der Waals surface area contributed by atoms with Crippen molar-refractivity contribution in [3.8, 4) is 5.75 Å². The van der Waals surface area contributed by atoms with E-state index in [2.05, 4.69) is 0 Å². The molecule has 28 heavy (non-hydrogen) atoms. The normalized spacial score (nSPS) is 11.2. The smallest absolute Gasteiger partial charge is 0.243 e. The van der Waals surface area contributed by atoms with Crippen LogP contribution in [0.1, 0.15) is 5.56 Å². The van der Waals surface area contributed by atoms with Crippen LogP contribution in [0.25, 0.3) is 0 Å². The van der Waals surface area contributed by atoms with Crippen LogP contribution in [-0.4, -0.2) is 46.2 Å². The molecule has 0 N–H and O–H groups in total. The van der Waals surface area contributed by atoms with Gasteiger partial charge in [0.15, 0.2) is 0 Å². The first-order chi connectivity index (χ1) is 13.0. The van der Waals surface area contributed by atoms with Crippen LogP contribution in [0.3, 0.4) is 0 Å². The van der Waals surface area contributed by atoms with Gasteiger partial charge in [-0.05, 0) is 18.2 Å². The maximum Gasteiger partial charge on any atom is 0.243 e. The summed E-state index contributed by atoms with van der Waals surface area (Å²) in [5.41, 5.74) is 0.872. The molecule has 2 aromatic rings. The largest absolute Gasteiger partial charge is 0.496 e. The Bertz CT molecular complexity index is 983. The maximum atomic E-state index is 12.7. The first-order valence-electron chi connectivity index (χ1n) is 8.02. The lowest BCUT2D eigenvalue weighted by atomic mass is 10.2. The molecule has 0 aliphatic heterocycles. The Morgan fingerprint density at radius 3 is 2.29 bits per heavy atom. The Labute approximate surface area is 179 Å². The monoisotopic (exact) mass is 464 g/mol. The number of likely N-dealkylation sites (N-methyl/N-ethyl adjacent to an activating group) is 1. The van der Waals surface area contributed by atoms with E-state index < -0.39 is 22.5 Å². The molecule has 0 fully saturated rings. The first kappa shape index (κ1) is 22.6. The molecule has 152 valence electrons. The van der Waals surface area contributed by atoms with Gasteiger partial charge in [-0.25, -0.2) is 8.42 Å². The zero-order valence-corrected chi connectivity index (χ0v) is 18.5. The molecule has 0 unspecified atom stereocenters. The van der Waals surface area contributed by atoms with Gasteiger partial charge in [0.2, 0.25) is 15.9 Å². The molecule has 0 spiro atoms. The molecule has 0 atom stereocenters. The second kappa shape index (κ2) is 9.22. The van der Waals surface area contributed by atoms with Gasteiger partial charge in [0.05, 0.1) is 34.1 Å². The van der Waals surface area contributed by atoms with Crippen LogP contribution in [0, 0.1) is 0 Å². The van der Waals surface area contributed by atoms with Crippen LogP contribution >= 0.6 is 34.8 Å². The minimum absolute atomic E-state index is 0.0695. The van der Waals surface area contributed by atoms with E-state index in [1.165, 1.54) is 17.0 Å². The van der Waals surface area contributed by atoms with Gasteiger partial charge in [-0.15, -0.1) is 0 Å². The number of hydrogen-bond donors (Lipinski definition) is 0. The van der Waals surface area contributed by atoms with E-state index >= 15 is 0 Å². The van der Waals surface area contributed by atoms with Crippen LogP contribution in [0.2, 0.25) is 15.1 Å². The van der Waals surface area contributed by atoms with Gasteiger partial charge in [-0.2, -0.15) is 0 Å². The lowest BCUT2D eigenvalue weighted by Crippen LogP contribution is -2.41. The summed E-state index contributed by atoms with van der Waals surface area (Å²) in [5, 5.41) is 0.382. The summed E-state index contributed by atoms with van der Waals surface area (Å²) < 4.78 is 30.8.